The molecule has 108 valence electrons. The summed E-state index contributed by atoms with van der Waals surface area (Å²) in [5.41, 5.74) is 7.52. The number of hydrogen-bond acceptors (Lipinski definition) is 4. The number of phenolic OH excluding ortho intramolecular Hbond substituents is 1. The van der Waals surface area contributed by atoms with Gasteiger partial charge in [-0.3, -0.25) is 4.79 Å². The van der Waals surface area contributed by atoms with Gasteiger partial charge in [0.2, 0.25) is 0 Å². The van der Waals surface area contributed by atoms with Crippen LogP contribution in [0, 0.1) is 0 Å². The van der Waals surface area contributed by atoms with Crippen molar-refractivity contribution < 1.29 is 14.6 Å². The third-order valence-electron chi connectivity index (χ3n) is 3.24. The third-order valence-corrected chi connectivity index (χ3v) is 3.24. The number of benzene rings is 2. The van der Waals surface area contributed by atoms with Gasteiger partial charge < -0.3 is 15.6 Å². The molecule has 0 amide bonds. The van der Waals surface area contributed by atoms with Crippen LogP contribution in [0.3, 0.4) is 0 Å². The van der Waals surface area contributed by atoms with E-state index in [4.69, 9.17) is 10.5 Å². The lowest BCUT2D eigenvalue weighted by Crippen LogP contribution is -2.09. The van der Waals surface area contributed by atoms with E-state index in [0.717, 1.165) is 0 Å². The van der Waals surface area contributed by atoms with Crippen LogP contribution in [0.2, 0.25) is 0 Å². The van der Waals surface area contributed by atoms with Gasteiger partial charge in [-0.25, -0.2) is 0 Å². The highest BCUT2D eigenvalue weighted by molar-refractivity contribution is 6.14. The van der Waals surface area contributed by atoms with E-state index in [0.29, 0.717) is 17.5 Å². The molecule has 0 spiro atoms. The van der Waals surface area contributed by atoms with Crippen LogP contribution in [-0.2, 0) is 6.42 Å². The number of hydrogen-bond donors (Lipinski definition) is 2. The van der Waals surface area contributed by atoms with Gasteiger partial charge in [-0.05, 0) is 18.1 Å². The van der Waals surface area contributed by atoms with Gasteiger partial charge in [0, 0.05) is 5.56 Å². The molecule has 0 aliphatic carbocycles. The number of ether oxygens (including phenoxy) is 1. The Morgan fingerprint density at radius 2 is 2.05 bits per heavy atom. The highest BCUT2D eigenvalue weighted by atomic mass is 16.5. The Bertz CT molecular complexity index is 678. The number of anilines is 1. The van der Waals surface area contributed by atoms with E-state index >= 15 is 0 Å². The molecule has 0 radical (unpaired) electrons. The van der Waals surface area contributed by atoms with E-state index in [1.807, 2.05) is 6.07 Å². The number of nitrogens with two attached hydrogens (primary N) is 1. The smallest absolute Gasteiger partial charge is 0.198 e. The number of carbonyl (C=O) groups excluding carboxylic acids is 1. The van der Waals surface area contributed by atoms with Crippen molar-refractivity contribution in [2.24, 2.45) is 0 Å². The molecule has 0 saturated heterocycles. The Hall–Kier alpha value is -2.75. The SMILES string of the molecule is C=CCc1cc(OC)c(O)c(C(=O)c2ccccc2)c1N. The molecular weight excluding hydrogens is 266 g/mol. The minimum Gasteiger partial charge on any atom is -0.504 e. The summed E-state index contributed by atoms with van der Waals surface area (Å²) >= 11 is 0. The first-order chi connectivity index (χ1) is 10.1. The Morgan fingerprint density at radius 3 is 2.62 bits per heavy atom. The highest BCUT2D eigenvalue weighted by Gasteiger charge is 2.22. The van der Waals surface area contributed by atoms with Gasteiger partial charge in [0.15, 0.2) is 17.3 Å². The number of allylic oxidation sites excluding steroid dienone is 1. The van der Waals surface area contributed by atoms with Crippen molar-refractivity contribution in [1.82, 2.24) is 0 Å². The Morgan fingerprint density at radius 1 is 1.38 bits per heavy atom. The maximum atomic E-state index is 12.6. The topological polar surface area (TPSA) is 72.5 Å². The number of carbonyl (C=O) groups is 1. The lowest BCUT2D eigenvalue weighted by Gasteiger charge is -2.15. The highest BCUT2D eigenvalue weighted by Crippen LogP contribution is 2.38. The molecule has 2 aromatic carbocycles. The largest absolute Gasteiger partial charge is 0.504 e. The first-order valence-corrected chi connectivity index (χ1v) is 6.49. The van der Waals surface area contributed by atoms with E-state index in [1.54, 1.807) is 36.4 Å². The first-order valence-electron chi connectivity index (χ1n) is 6.49. The number of nitrogen functional groups attached to an aromatic ring is 1. The molecular formula is C17H17NO3. The van der Waals surface area contributed by atoms with Crippen molar-refractivity contribution in [1.29, 1.82) is 0 Å². The van der Waals surface area contributed by atoms with E-state index in [2.05, 4.69) is 6.58 Å². The Kier molecular flexibility index (Phi) is 4.28. The van der Waals surface area contributed by atoms with E-state index in [1.165, 1.54) is 7.11 Å². The van der Waals surface area contributed by atoms with Crippen molar-refractivity contribution in [2.45, 2.75) is 6.42 Å². The molecule has 0 heterocycles. The molecule has 0 bridgehead atoms. The zero-order valence-corrected chi connectivity index (χ0v) is 11.8. The first kappa shape index (κ1) is 14.7. The van der Waals surface area contributed by atoms with E-state index < -0.39 is 0 Å². The van der Waals surface area contributed by atoms with Crippen molar-refractivity contribution in [3.63, 3.8) is 0 Å². The van der Waals surface area contributed by atoms with E-state index in [-0.39, 0.29) is 28.5 Å². The molecule has 21 heavy (non-hydrogen) atoms. The minimum absolute atomic E-state index is 0.0670. The fraction of sp³-hybridized carbons (Fsp3) is 0.118. The monoisotopic (exact) mass is 283 g/mol. The average Bonchev–Trinajstić information content (AvgIpc) is 2.51. The van der Waals surface area contributed by atoms with Gasteiger partial charge in [-0.1, -0.05) is 36.4 Å². The predicted octanol–water partition coefficient (Wildman–Crippen LogP) is 2.94. The van der Waals surface area contributed by atoms with Crippen LogP contribution in [0.4, 0.5) is 5.69 Å². The molecule has 0 fully saturated rings. The van der Waals surface area contributed by atoms with Gasteiger partial charge in [0.1, 0.15) is 0 Å². The fourth-order valence-electron chi connectivity index (χ4n) is 2.16. The average molecular weight is 283 g/mol. The predicted molar refractivity (Wildman–Crippen MR) is 82.8 cm³/mol. The maximum absolute atomic E-state index is 12.6. The number of aromatic hydroxyl groups is 1. The van der Waals surface area contributed by atoms with Gasteiger partial charge in [-0.15, -0.1) is 6.58 Å². The normalized spacial score (nSPS) is 10.1. The van der Waals surface area contributed by atoms with E-state index in [9.17, 15) is 9.90 Å². The molecule has 3 N–H and O–H groups in total. The maximum Gasteiger partial charge on any atom is 0.198 e. The number of phenols is 1. The molecule has 0 aliphatic rings. The number of methoxy groups -OCH3 is 1. The van der Waals surface area contributed by atoms with Crippen molar-refractivity contribution >= 4 is 11.5 Å². The van der Waals surface area contributed by atoms with Crippen LogP contribution in [-0.4, -0.2) is 18.0 Å². The van der Waals surface area contributed by atoms with Crippen LogP contribution in [0.5, 0.6) is 11.5 Å². The quantitative estimate of drug-likeness (QED) is 0.503. The molecule has 0 saturated carbocycles. The molecule has 2 aromatic rings. The molecule has 0 aromatic heterocycles. The van der Waals surface area contributed by atoms with Crippen molar-refractivity contribution in [3.05, 3.63) is 65.7 Å². The second-order valence-electron chi connectivity index (χ2n) is 4.56. The number of rotatable bonds is 5. The molecule has 0 atom stereocenters. The van der Waals surface area contributed by atoms with Crippen LogP contribution in [0.1, 0.15) is 21.5 Å². The Labute approximate surface area is 123 Å². The van der Waals surface area contributed by atoms with Gasteiger partial charge in [0.25, 0.3) is 0 Å². The second kappa shape index (κ2) is 6.13. The summed E-state index contributed by atoms with van der Waals surface area (Å²) in [5, 5.41) is 10.2. The summed E-state index contributed by atoms with van der Waals surface area (Å²) in [4.78, 5) is 12.6. The molecule has 0 unspecified atom stereocenters. The molecule has 4 heteroatoms. The van der Waals surface area contributed by atoms with Crippen LogP contribution in [0.15, 0.2) is 49.1 Å². The summed E-state index contributed by atoms with van der Waals surface area (Å²) in [7, 11) is 1.43. The summed E-state index contributed by atoms with van der Waals surface area (Å²) < 4.78 is 5.12. The fourth-order valence-corrected chi connectivity index (χ4v) is 2.16. The van der Waals surface area contributed by atoms with Gasteiger partial charge in [0.05, 0.1) is 18.4 Å². The van der Waals surface area contributed by atoms with Crippen molar-refractivity contribution in [2.75, 3.05) is 12.8 Å². The van der Waals surface area contributed by atoms with Crippen LogP contribution in [0.25, 0.3) is 0 Å². The molecule has 0 aliphatic heterocycles. The number of ketones is 1. The summed E-state index contributed by atoms with van der Waals surface area (Å²) in [6.45, 7) is 3.66. The minimum atomic E-state index is -0.338. The summed E-state index contributed by atoms with van der Waals surface area (Å²) in [6, 6.07) is 10.3. The zero-order chi connectivity index (χ0) is 15.4. The van der Waals surface area contributed by atoms with Gasteiger partial charge in [-0.2, -0.15) is 0 Å². The summed E-state index contributed by atoms with van der Waals surface area (Å²) in [5.74, 6) is -0.355. The van der Waals surface area contributed by atoms with Crippen molar-refractivity contribution in [3.8, 4) is 11.5 Å². The van der Waals surface area contributed by atoms with Crippen LogP contribution < -0.4 is 10.5 Å². The van der Waals surface area contributed by atoms with Crippen LogP contribution >= 0.6 is 0 Å². The lowest BCUT2D eigenvalue weighted by molar-refractivity contribution is 0.103. The standard InChI is InChI=1S/C17H17NO3/c1-3-7-12-10-13(21-2)17(20)14(15(12)18)16(19)11-8-5-4-6-9-11/h3-6,8-10,20H,1,7,18H2,2H3. The lowest BCUT2D eigenvalue weighted by atomic mass is 9.96. The summed E-state index contributed by atoms with van der Waals surface area (Å²) in [6.07, 6.45) is 2.16. The second-order valence-corrected chi connectivity index (χ2v) is 4.56. The Balaban J connectivity index is 2.64. The molecule has 2 rings (SSSR count). The molecule has 4 nitrogen and oxygen atoms in total. The van der Waals surface area contributed by atoms with Gasteiger partial charge >= 0.3 is 0 Å². The zero-order valence-electron chi connectivity index (χ0n) is 11.8. The third kappa shape index (κ3) is 2.74.